The number of halogens is 1. The van der Waals surface area contributed by atoms with E-state index < -0.39 is 0 Å². The highest BCUT2D eigenvalue weighted by atomic mass is 35.5. The van der Waals surface area contributed by atoms with Gasteiger partial charge in [0.05, 0.1) is 6.54 Å². The molecule has 0 radical (unpaired) electrons. The van der Waals surface area contributed by atoms with Crippen molar-refractivity contribution in [3.63, 3.8) is 0 Å². The Balaban J connectivity index is 1.39. The first-order valence-electron chi connectivity index (χ1n) is 10.4. The minimum atomic E-state index is -0.149. The van der Waals surface area contributed by atoms with Crippen LogP contribution in [0, 0.1) is 5.92 Å². The maximum atomic E-state index is 12.5. The van der Waals surface area contributed by atoms with Gasteiger partial charge in [-0.2, -0.15) is 0 Å². The quantitative estimate of drug-likeness (QED) is 0.777. The summed E-state index contributed by atoms with van der Waals surface area (Å²) in [5.74, 6) is -0.309. The average Bonchev–Trinajstić information content (AvgIpc) is 2.77. The molecule has 0 unspecified atom stereocenters. The van der Waals surface area contributed by atoms with Gasteiger partial charge in [0.15, 0.2) is 0 Å². The Morgan fingerprint density at radius 3 is 2.30 bits per heavy atom. The van der Waals surface area contributed by atoms with E-state index in [4.69, 9.17) is 11.6 Å². The third kappa shape index (κ3) is 5.56. The number of rotatable bonds is 4. The van der Waals surface area contributed by atoms with Crippen LogP contribution in [0.3, 0.4) is 0 Å². The van der Waals surface area contributed by atoms with E-state index in [0.717, 1.165) is 18.8 Å². The summed E-state index contributed by atoms with van der Waals surface area (Å²) >= 11 is 6.06. The van der Waals surface area contributed by atoms with Crippen molar-refractivity contribution in [1.29, 1.82) is 0 Å². The first-order chi connectivity index (χ1) is 14.3. The molecule has 9 heteroatoms. The highest BCUT2D eigenvalue weighted by Crippen LogP contribution is 2.21. The fourth-order valence-corrected chi connectivity index (χ4v) is 4.11. The van der Waals surface area contributed by atoms with Crippen molar-refractivity contribution >= 4 is 35.1 Å². The number of hydrogen-bond donors (Lipinski definition) is 1. The molecule has 2 aliphatic rings. The Labute approximate surface area is 182 Å². The highest BCUT2D eigenvalue weighted by molar-refractivity contribution is 6.30. The van der Waals surface area contributed by atoms with E-state index in [1.54, 1.807) is 28.8 Å². The molecule has 8 nitrogen and oxygen atoms in total. The third-order valence-corrected chi connectivity index (χ3v) is 5.97. The molecule has 0 aliphatic carbocycles. The SMILES string of the molecule is CN(C)C(=O)N1CCC(C(=O)NCC(=O)N2CCN(c3cccc(Cl)c3)CC2)CC1. The van der Waals surface area contributed by atoms with E-state index in [-0.39, 0.29) is 30.3 Å². The molecule has 2 aliphatic heterocycles. The van der Waals surface area contributed by atoms with Crippen LogP contribution in [0.25, 0.3) is 0 Å². The second kappa shape index (κ2) is 10.0. The molecule has 2 fully saturated rings. The number of nitrogens with zero attached hydrogens (tertiary/aromatic N) is 4. The summed E-state index contributed by atoms with van der Waals surface area (Å²) in [6, 6.07) is 7.68. The van der Waals surface area contributed by atoms with E-state index in [9.17, 15) is 14.4 Å². The van der Waals surface area contributed by atoms with Crippen LogP contribution < -0.4 is 10.2 Å². The third-order valence-electron chi connectivity index (χ3n) is 5.74. The van der Waals surface area contributed by atoms with Crippen LogP contribution in [-0.2, 0) is 9.59 Å². The number of carbonyl (C=O) groups excluding carboxylic acids is 3. The molecule has 2 heterocycles. The van der Waals surface area contributed by atoms with Crippen molar-refractivity contribution < 1.29 is 14.4 Å². The lowest BCUT2D eigenvalue weighted by Crippen LogP contribution is -2.52. The van der Waals surface area contributed by atoms with Crippen molar-refractivity contribution in [3.8, 4) is 0 Å². The lowest BCUT2D eigenvalue weighted by Gasteiger charge is -2.36. The molecular weight excluding hydrogens is 406 g/mol. The molecule has 0 atom stereocenters. The second-order valence-corrected chi connectivity index (χ2v) is 8.44. The first-order valence-corrected chi connectivity index (χ1v) is 10.7. The van der Waals surface area contributed by atoms with Gasteiger partial charge in [-0.25, -0.2) is 4.79 Å². The number of benzene rings is 1. The number of urea groups is 1. The van der Waals surface area contributed by atoms with Gasteiger partial charge in [-0.1, -0.05) is 17.7 Å². The fraction of sp³-hybridized carbons (Fsp3) is 0.571. The lowest BCUT2D eigenvalue weighted by molar-refractivity contribution is -0.134. The summed E-state index contributed by atoms with van der Waals surface area (Å²) in [6.45, 7) is 3.85. The summed E-state index contributed by atoms with van der Waals surface area (Å²) in [5.41, 5.74) is 1.06. The van der Waals surface area contributed by atoms with Gasteiger partial charge < -0.3 is 24.9 Å². The van der Waals surface area contributed by atoms with Crippen LogP contribution in [0.5, 0.6) is 0 Å². The van der Waals surface area contributed by atoms with E-state index >= 15 is 0 Å². The monoisotopic (exact) mass is 435 g/mol. The first kappa shape index (κ1) is 22.2. The minimum Gasteiger partial charge on any atom is -0.368 e. The van der Waals surface area contributed by atoms with Crippen molar-refractivity contribution in [2.75, 3.05) is 64.8 Å². The van der Waals surface area contributed by atoms with Gasteiger partial charge in [0, 0.05) is 70.0 Å². The normalized spacial score (nSPS) is 17.6. The number of piperazine rings is 1. The molecule has 164 valence electrons. The number of carbonyl (C=O) groups is 3. The molecule has 3 rings (SSSR count). The lowest BCUT2D eigenvalue weighted by atomic mass is 9.96. The maximum absolute atomic E-state index is 12.5. The summed E-state index contributed by atoms with van der Waals surface area (Å²) in [6.07, 6.45) is 1.25. The van der Waals surface area contributed by atoms with Gasteiger partial charge in [-0.15, -0.1) is 0 Å². The van der Waals surface area contributed by atoms with E-state index in [2.05, 4.69) is 10.2 Å². The van der Waals surface area contributed by atoms with Crippen LogP contribution in [0.4, 0.5) is 10.5 Å². The molecule has 4 amide bonds. The maximum Gasteiger partial charge on any atom is 0.319 e. The Morgan fingerprint density at radius 1 is 1.03 bits per heavy atom. The molecule has 1 aromatic carbocycles. The van der Waals surface area contributed by atoms with Crippen molar-refractivity contribution in [2.45, 2.75) is 12.8 Å². The van der Waals surface area contributed by atoms with Crippen LogP contribution in [-0.4, -0.2) is 92.5 Å². The van der Waals surface area contributed by atoms with Gasteiger partial charge in [0.1, 0.15) is 0 Å². The van der Waals surface area contributed by atoms with E-state index in [1.165, 1.54) is 0 Å². The standard InChI is InChI=1S/C21H30ClN5O3/c1-24(2)21(30)27-8-6-16(7-9-27)20(29)23-15-19(28)26-12-10-25(11-13-26)18-5-3-4-17(22)14-18/h3-5,14,16H,6-13,15H2,1-2H3,(H,23,29). The molecular formula is C21H30ClN5O3. The summed E-state index contributed by atoms with van der Waals surface area (Å²) in [5, 5.41) is 3.49. The van der Waals surface area contributed by atoms with Crippen LogP contribution in [0.1, 0.15) is 12.8 Å². The van der Waals surface area contributed by atoms with Crippen LogP contribution in [0.15, 0.2) is 24.3 Å². The predicted octanol–water partition coefficient (Wildman–Crippen LogP) is 1.50. The zero-order chi connectivity index (χ0) is 21.7. The zero-order valence-corrected chi connectivity index (χ0v) is 18.4. The summed E-state index contributed by atoms with van der Waals surface area (Å²) < 4.78 is 0. The van der Waals surface area contributed by atoms with E-state index in [1.807, 2.05) is 24.3 Å². The average molecular weight is 436 g/mol. The zero-order valence-electron chi connectivity index (χ0n) is 17.6. The molecule has 1 aromatic rings. The Hall–Kier alpha value is -2.48. The largest absolute Gasteiger partial charge is 0.368 e. The second-order valence-electron chi connectivity index (χ2n) is 8.00. The molecule has 1 N–H and O–H groups in total. The van der Waals surface area contributed by atoms with Gasteiger partial charge in [0.25, 0.3) is 0 Å². The predicted molar refractivity (Wildman–Crippen MR) is 117 cm³/mol. The number of piperidine rings is 1. The van der Waals surface area contributed by atoms with Gasteiger partial charge >= 0.3 is 6.03 Å². The number of nitrogens with one attached hydrogen (secondary N) is 1. The van der Waals surface area contributed by atoms with Crippen molar-refractivity contribution in [3.05, 3.63) is 29.3 Å². The van der Waals surface area contributed by atoms with Crippen LogP contribution in [0.2, 0.25) is 5.02 Å². The highest BCUT2D eigenvalue weighted by Gasteiger charge is 2.29. The van der Waals surface area contributed by atoms with E-state index in [0.29, 0.717) is 44.0 Å². The number of anilines is 1. The Bertz CT molecular complexity index is 772. The summed E-state index contributed by atoms with van der Waals surface area (Å²) in [4.78, 5) is 44.2. The minimum absolute atomic E-state index is 0.0207. The summed E-state index contributed by atoms with van der Waals surface area (Å²) in [7, 11) is 3.45. The van der Waals surface area contributed by atoms with Crippen molar-refractivity contribution in [2.24, 2.45) is 5.92 Å². The van der Waals surface area contributed by atoms with Gasteiger partial charge in [0.2, 0.25) is 11.8 Å². The molecule has 30 heavy (non-hydrogen) atoms. The smallest absolute Gasteiger partial charge is 0.319 e. The molecule has 0 saturated carbocycles. The molecule has 0 bridgehead atoms. The molecule has 2 saturated heterocycles. The number of likely N-dealkylation sites (tertiary alicyclic amines) is 1. The Morgan fingerprint density at radius 2 is 1.70 bits per heavy atom. The molecule has 0 aromatic heterocycles. The van der Waals surface area contributed by atoms with Gasteiger partial charge in [-0.3, -0.25) is 9.59 Å². The molecule has 0 spiro atoms. The Kier molecular flexibility index (Phi) is 7.42. The van der Waals surface area contributed by atoms with Crippen molar-refractivity contribution in [1.82, 2.24) is 20.0 Å². The number of hydrogen-bond acceptors (Lipinski definition) is 4. The van der Waals surface area contributed by atoms with Gasteiger partial charge in [-0.05, 0) is 31.0 Å². The van der Waals surface area contributed by atoms with Crippen LogP contribution >= 0.6 is 11.6 Å². The fourth-order valence-electron chi connectivity index (χ4n) is 3.92. The number of amides is 4. The topological polar surface area (TPSA) is 76.2 Å².